The minimum atomic E-state index is -0.267. The highest BCUT2D eigenvalue weighted by Gasteiger charge is 2.35. The number of hydrogen-bond acceptors (Lipinski definition) is 8. The smallest absolute Gasteiger partial charge is 0.271 e. The molecule has 2 aromatic heterocycles. The number of carbonyl (C=O) groups excluding carboxylic acids is 2. The first-order valence-electron chi connectivity index (χ1n) is 10.7. The van der Waals surface area contributed by atoms with E-state index in [1.807, 2.05) is 24.3 Å². The van der Waals surface area contributed by atoms with Crippen molar-refractivity contribution in [2.45, 2.75) is 33.2 Å². The van der Waals surface area contributed by atoms with Crippen LogP contribution < -0.4 is 19.9 Å². The van der Waals surface area contributed by atoms with Crippen molar-refractivity contribution in [2.75, 3.05) is 35.3 Å². The lowest BCUT2D eigenvalue weighted by Gasteiger charge is -2.29. The van der Waals surface area contributed by atoms with E-state index in [2.05, 4.69) is 34.0 Å². The zero-order valence-electron chi connectivity index (χ0n) is 19.0. The summed E-state index contributed by atoms with van der Waals surface area (Å²) in [5.41, 5.74) is 1.96. The van der Waals surface area contributed by atoms with Crippen molar-refractivity contribution in [3.8, 4) is 5.75 Å². The van der Waals surface area contributed by atoms with Crippen LogP contribution in [0.15, 0.2) is 36.5 Å². The number of anilines is 3. The average molecular weight is 467 g/mol. The lowest BCUT2D eigenvalue weighted by molar-refractivity contribution is -0.114. The van der Waals surface area contributed by atoms with Gasteiger partial charge in [-0.1, -0.05) is 30.4 Å². The molecule has 1 N–H and O–H groups in total. The Morgan fingerprint density at radius 1 is 1.27 bits per heavy atom. The molecule has 0 radical (unpaired) electrons. The van der Waals surface area contributed by atoms with Gasteiger partial charge in [0.15, 0.2) is 5.13 Å². The first-order valence-corrected chi connectivity index (χ1v) is 11.5. The number of carbonyl (C=O) groups is 2. The third-order valence-corrected chi connectivity index (χ3v) is 6.51. The number of nitrogens with one attached hydrogen (secondary N) is 1. The lowest BCUT2D eigenvalue weighted by atomic mass is 10.0. The molecular formula is C23H26N6O3S. The number of amides is 2. The van der Waals surface area contributed by atoms with Crippen molar-refractivity contribution in [3.63, 3.8) is 0 Å². The second kappa shape index (κ2) is 9.53. The van der Waals surface area contributed by atoms with Gasteiger partial charge in [0.05, 0.1) is 12.8 Å². The van der Waals surface area contributed by atoms with E-state index >= 15 is 0 Å². The highest BCUT2D eigenvalue weighted by Crippen LogP contribution is 2.37. The van der Waals surface area contributed by atoms with Gasteiger partial charge in [0.25, 0.3) is 5.91 Å². The number of rotatable bonds is 7. The summed E-state index contributed by atoms with van der Waals surface area (Å²) in [7, 11) is 1.65. The SMILES string of the molecule is CCN(Cc1ccc(OC)cc1)c1nc2c(s1)C(=O)N(c1ccnc(NC(C)=O)n1)CC2C. The average Bonchev–Trinajstić information content (AvgIpc) is 3.26. The van der Waals surface area contributed by atoms with Gasteiger partial charge in [-0.3, -0.25) is 19.8 Å². The van der Waals surface area contributed by atoms with E-state index in [0.29, 0.717) is 23.8 Å². The van der Waals surface area contributed by atoms with E-state index in [-0.39, 0.29) is 23.7 Å². The second-order valence-electron chi connectivity index (χ2n) is 7.81. The Morgan fingerprint density at radius 3 is 2.70 bits per heavy atom. The lowest BCUT2D eigenvalue weighted by Crippen LogP contribution is -2.39. The molecule has 0 saturated heterocycles. The highest BCUT2D eigenvalue weighted by atomic mass is 32.1. The van der Waals surface area contributed by atoms with E-state index < -0.39 is 0 Å². The van der Waals surface area contributed by atoms with E-state index in [1.54, 1.807) is 18.1 Å². The minimum absolute atomic E-state index is 0.0431. The predicted molar refractivity (Wildman–Crippen MR) is 128 cm³/mol. The van der Waals surface area contributed by atoms with Gasteiger partial charge in [0.2, 0.25) is 11.9 Å². The third-order valence-electron chi connectivity index (χ3n) is 5.39. The maximum atomic E-state index is 13.4. The summed E-state index contributed by atoms with van der Waals surface area (Å²) in [4.78, 5) is 42.4. The number of methoxy groups -OCH3 is 1. The fraction of sp³-hybridized carbons (Fsp3) is 0.348. The van der Waals surface area contributed by atoms with Gasteiger partial charge in [-0.2, -0.15) is 4.98 Å². The molecule has 3 heterocycles. The molecule has 0 fully saturated rings. The summed E-state index contributed by atoms with van der Waals surface area (Å²) in [5.74, 6) is 1.08. The van der Waals surface area contributed by atoms with Crippen LogP contribution in [-0.2, 0) is 11.3 Å². The molecule has 1 aliphatic rings. The summed E-state index contributed by atoms with van der Waals surface area (Å²) in [6.07, 6.45) is 1.53. The zero-order valence-corrected chi connectivity index (χ0v) is 19.8. The normalized spacial score (nSPS) is 15.2. The topological polar surface area (TPSA) is 101 Å². The molecule has 4 rings (SSSR count). The van der Waals surface area contributed by atoms with Crippen molar-refractivity contribution in [2.24, 2.45) is 0 Å². The number of aromatic nitrogens is 3. The fourth-order valence-corrected chi connectivity index (χ4v) is 4.89. The van der Waals surface area contributed by atoms with Crippen molar-refractivity contribution in [3.05, 3.63) is 52.7 Å². The molecule has 3 aromatic rings. The van der Waals surface area contributed by atoms with E-state index in [0.717, 1.165) is 28.7 Å². The number of ether oxygens (including phenoxy) is 1. The van der Waals surface area contributed by atoms with Crippen LogP contribution in [0.4, 0.5) is 16.9 Å². The van der Waals surface area contributed by atoms with Crippen LogP contribution >= 0.6 is 11.3 Å². The fourth-order valence-electron chi connectivity index (χ4n) is 3.69. The van der Waals surface area contributed by atoms with Crippen LogP contribution in [-0.4, -0.2) is 47.0 Å². The molecule has 1 aromatic carbocycles. The van der Waals surface area contributed by atoms with Gasteiger partial charge in [-0.25, -0.2) is 9.97 Å². The summed E-state index contributed by atoms with van der Waals surface area (Å²) >= 11 is 1.41. The van der Waals surface area contributed by atoms with Crippen LogP contribution in [0.2, 0.25) is 0 Å². The molecule has 172 valence electrons. The summed E-state index contributed by atoms with van der Waals surface area (Å²) < 4.78 is 5.24. The molecule has 0 aliphatic carbocycles. The highest BCUT2D eigenvalue weighted by molar-refractivity contribution is 7.17. The first-order chi connectivity index (χ1) is 15.9. The molecule has 0 bridgehead atoms. The molecule has 0 spiro atoms. The Morgan fingerprint density at radius 2 is 2.03 bits per heavy atom. The monoisotopic (exact) mass is 466 g/mol. The Hall–Kier alpha value is -3.53. The van der Waals surface area contributed by atoms with Crippen molar-refractivity contribution in [1.29, 1.82) is 0 Å². The standard InChI is InChI=1S/C23H26N6O3S/c1-5-28(13-16-6-8-17(32-4)9-7-16)23-27-19-14(2)12-29(21(31)20(19)33-23)18-10-11-24-22(26-18)25-15(3)30/h6-11,14H,5,12-13H2,1-4H3,(H,24,25,26,30). The molecular weight excluding hydrogens is 440 g/mol. The predicted octanol–water partition coefficient (Wildman–Crippen LogP) is 3.69. The number of thiazole rings is 1. The summed E-state index contributed by atoms with van der Waals surface area (Å²) in [6, 6.07) is 9.62. The van der Waals surface area contributed by atoms with Gasteiger partial charge in [0, 0.05) is 38.7 Å². The summed E-state index contributed by atoms with van der Waals surface area (Å²) in [5, 5.41) is 3.38. The zero-order chi connectivity index (χ0) is 23.5. The van der Waals surface area contributed by atoms with Gasteiger partial charge < -0.3 is 9.64 Å². The molecule has 33 heavy (non-hydrogen) atoms. The molecule has 1 atom stereocenters. The quantitative estimate of drug-likeness (QED) is 0.567. The Kier molecular flexibility index (Phi) is 6.55. The molecule has 2 amide bonds. The van der Waals surface area contributed by atoms with Crippen LogP contribution in [0.3, 0.4) is 0 Å². The Bertz CT molecular complexity index is 1160. The van der Waals surface area contributed by atoms with E-state index in [1.165, 1.54) is 24.5 Å². The van der Waals surface area contributed by atoms with Crippen molar-refractivity contribution < 1.29 is 14.3 Å². The molecule has 1 unspecified atom stereocenters. The number of hydrogen-bond donors (Lipinski definition) is 1. The van der Waals surface area contributed by atoms with Gasteiger partial charge in [-0.05, 0) is 30.7 Å². The first kappa shape index (κ1) is 22.7. The summed E-state index contributed by atoms with van der Waals surface area (Å²) in [6.45, 7) is 7.42. The molecule has 0 saturated carbocycles. The van der Waals surface area contributed by atoms with Crippen LogP contribution in [0.25, 0.3) is 0 Å². The van der Waals surface area contributed by atoms with E-state index in [4.69, 9.17) is 9.72 Å². The van der Waals surface area contributed by atoms with Gasteiger partial charge in [0.1, 0.15) is 16.4 Å². The Balaban J connectivity index is 1.59. The third kappa shape index (κ3) is 4.80. The number of benzene rings is 1. The van der Waals surface area contributed by atoms with Crippen molar-refractivity contribution in [1.82, 2.24) is 15.0 Å². The van der Waals surface area contributed by atoms with Gasteiger partial charge >= 0.3 is 0 Å². The number of fused-ring (bicyclic) bond motifs is 1. The van der Waals surface area contributed by atoms with E-state index in [9.17, 15) is 9.59 Å². The van der Waals surface area contributed by atoms with Crippen LogP contribution in [0, 0.1) is 0 Å². The molecule has 9 nitrogen and oxygen atoms in total. The second-order valence-corrected chi connectivity index (χ2v) is 8.79. The maximum absolute atomic E-state index is 13.4. The minimum Gasteiger partial charge on any atom is -0.497 e. The largest absolute Gasteiger partial charge is 0.497 e. The van der Waals surface area contributed by atoms with Crippen LogP contribution in [0.1, 0.15) is 47.6 Å². The molecule has 1 aliphatic heterocycles. The van der Waals surface area contributed by atoms with Crippen molar-refractivity contribution >= 4 is 40.0 Å². The Labute approximate surface area is 196 Å². The van der Waals surface area contributed by atoms with Crippen LogP contribution in [0.5, 0.6) is 5.75 Å². The number of nitrogens with zero attached hydrogens (tertiary/aromatic N) is 5. The van der Waals surface area contributed by atoms with Gasteiger partial charge in [-0.15, -0.1) is 0 Å². The maximum Gasteiger partial charge on any atom is 0.271 e. The molecule has 10 heteroatoms.